The summed E-state index contributed by atoms with van der Waals surface area (Å²) in [6.07, 6.45) is 8.15. The molecule has 1 aromatic carbocycles. The molecule has 0 bridgehead atoms. The molecule has 0 aliphatic carbocycles. The summed E-state index contributed by atoms with van der Waals surface area (Å²) in [6.45, 7) is 1.03. The highest BCUT2D eigenvalue weighted by atomic mass is 32.2. The molecule has 1 saturated heterocycles. The van der Waals surface area contributed by atoms with Crippen molar-refractivity contribution in [2.75, 3.05) is 25.5 Å². The second kappa shape index (κ2) is 9.07. The van der Waals surface area contributed by atoms with Gasteiger partial charge in [0.1, 0.15) is 11.5 Å². The van der Waals surface area contributed by atoms with Gasteiger partial charge in [-0.15, -0.1) is 0 Å². The van der Waals surface area contributed by atoms with Crippen molar-refractivity contribution in [2.45, 2.75) is 30.6 Å². The third kappa shape index (κ3) is 4.82. The second-order valence-corrected chi connectivity index (χ2v) is 8.46. The smallest absolute Gasteiger partial charge is 0.248 e. The van der Waals surface area contributed by atoms with E-state index >= 15 is 0 Å². The standard InChI is InChI=1S/C20H24N2O5S/c1-26-19-10-9-17(28(24,25)22-12-4-2-3-5-13-22)15-18(19)21-20(23)11-8-16-7-6-14-27-16/h6-11,14-15H,2-5,12-13H2,1H3,(H,21,23). The summed E-state index contributed by atoms with van der Waals surface area (Å²) >= 11 is 0. The monoisotopic (exact) mass is 404 g/mol. The third-order valence-electron chi connectivity index (χ3n) is 4.57. The van der Waals surface area contributed by atoms with Gasteiger partial charge < -0.3 is 14.5 Å². The summed E-state index contributed by atoms with van der Waals surface area (Å²) in [5.41, 5.74) is 0.299. The molecule has 2 aromatic rings. The van der Waals surface area contributed by atoms with Crippen molar-refractivity contribution in [1.82, 2.24) is 4.31 Å². The Morgan fingerprint density at radius 1 is 1.18 bits per heavy atom. The van der Waals surface area contributed by atoms with Crippen LogP contribution in [0.2, 0.25) is 0 Å². The van der Waals surface area contributed by atoms with Gasteiger partial charge in [-0.3, -0.25) is 4.79 Å². The van der Waals surface area contributed by atoms with Gasteiger partial charge in [-0.25, -0.2) is 8.42 Å². The first-order valence-electron chi connectivity index (χ1n) is 9.21. The number of methoxy groups -OCH3 is 1. The number of nitrogens with zero attached hydrogens (tertiary/aromatic N) is 1. The maximum absolute atomic E-state index is 13.0. The topological polar surface area (TPSA) is 88.9 Å². The molecule has 150 valence electrons. The lowest BCUT2D eigenvalue weighted by atomic mass is 10.2. The highest BCUT2D eigenvalue weighted by molar-refractivity contribution is 7.89. The van der Waals surface area contributed by atoms with Crippen LogP contribution in [0.15, 0.2) is 52.0 Å². The molecule has 1 aliphatic rings. The van der Waals surface area contributed by atoms with Crippen molar-refractivity contribution in [3.63, 3.8) is 0 Å². The number of sulfonamides is 1. The molecule has 1 N–H and O–H groups in total. The van der Waals surface area contributed by atoms with Gasteiger partial charge in [0.25, 0.3) is 0 Å². The number of nitrogens with one attached hydrogen (secondary N) is 1. The number of furan rings is 1. The van der Waals surface area contributed by atoms with Crippen molar-refractivity contribution in [1.29, 1.82) is 0 Å². The van der Waals surface area contributed by atoms with E-state index < -0.39 is 15.9 Å². The predicted octanol–water partition coefficient (Wildman–Crippen LogP) is 3.50. The van der Waals surface area contributed by atoms with Crippen LogP contribution in [0, 0.1) is 0 Å². The molecular formula is C20H24N2O5S. The highest BCUT2D eigenvalue weighted by Gasteiger charge is 2.26. The van der Waals surface area contributed by atoms with E-state index in [0.29, 0.717) is 30.3 Å². The van der Waals surface area contributed by atoms with E-state index in [1.807, 2.05) is 0 Å². The Bertz CT molecular complexity index is 928. The molecule has 0 spiro atoms. The number of carbonyl (C=O) groups is 1. The molecule has 0 atom stereocenters. The third-order valence-corrected chi connectivity index (χ3v) is 6.47. The van der Waals surface area contributed by atoms with E-state index in [1.165, 1.54) is 42.0 Å². The Labute approximate surface area is 165 Å². The van der Waals surface area contributed by atoms with E-state index in [4.69, 9.17) is 9.15 Å². The Morgan fingerprint density at radius 2 is 1.93 bits per heavy atom. The zero-order chi connectivity index (χ0) is 20.0. The predicted molar refractivity (Wildman–Crippen MR) is 107 cm³/mol. The lowest BCUT2D eigenvalue weighted by molar-refractivity contribution is -0.111. The van der Waals surface area contributed by atoms with Gasteiger partial charge in [0.15, 0.2) is 0 Å². The van der Waals surface area contributed by atoms with Gasteiger partial charge in [-0.2, -0.15) is 4.31 Å². The van der Waals surface area contributed by atoms with Crippen molar-refractivity contribution >= 4 is 27.7 Å². The fraction of sp³-hybridized carbons (Fsp3) is 0.350. The van der Waals surface area contributed by atoms with Gasteiger partial charge in [-0.05, 0) is 49.2 Å². The van der Waals surface area contributed by atoms with Crippen molar-refractivity contribution in [2.24, 2.45) is 0 Å². The maximum Gasteiger partial charge on any atom is 0.248 e. The molecule has 1 amide bonds. The van der Waals surface area contributed by atoms with Crippen molar-refractivity contribution in [3.8, 4) is 5.75 Å². The SMILES string of the molecule is COc1ccc(S(=O)(=O)N2CCCCCC2)cc1NC(=O)C=Cc1ccco1. The second-order valence-electron chi connectivity index (χ2n) is 6.52. The molecule has 0 saturated carbocycles. The van der Waals surface area contributed by atoms with Gasteiger partial charge in [0, 0.05) is 19.2 Å². The minimum Gasteiger partial charge on any atom is -0.495 e. The summed E-state index contributed by atoms with van der Waals surface area (Å²) in [4.78, 5) is 12.4. The number of benzene rings is 1. The molecule has 0 radical (unpaired) electrons. The van der Waals surface area contributed by atoms with E-state index in [9.17, 15) is 13.2 Å². The Morgan fingerprint density at radius 3 is 2.57 bits per heavy atom. The molecule has 3 rings (SSSR count). The lowest BCUT2D eigenvalue weighted by Gasteiger charge is -2.20. The number of hydrogen-bond donors (Lipinski definition) is 1. The van der Waals surface area contributed by atoms with E-state index in [2.05, 4.69) is 5.32 Å². The van der Waals surface area contributed by atoms with Crippen LogP contribution in [0.4, 0.5) is 5.69 Å². The number of carbonyl (C=O) groups excluding carboxylic acids is 1. The largest absolute Gasteiger partial charge is 0.495 e. The maximum atomic E-state index is 13.0. The van der Waals surface area contributed by atoms with Crippen LogP contribution < -0.4 is 10.1 Å². The Kier molecular flexibility index (Phi) is 6.53. The van der Waals surface area contributed by atoms with Crippen LogP contribution >= 0.6 is 0 Å². The number of hydrogen-bond acceptors (Lipinski definition) is 5. The van der Waals surface area contributed by atoms with Crippen LogP contribution in [0.1, 0.15) is 31.4 Å². The molecule has 7 nitrogen and oxygen atoms in total. The zero-order valence-corrected chi connectivity index (χ0v) is 16.6. The molecule has 0 unspecified atom stereocenters. The first kappa shape index (κ1) is 20.2. The van der Waals surface area contributed by atoms with Crippen LogP contribution in [0.5, 0.6) is 5.75 Å². The first-order valence-corrected chi connectivity index (χ1v) is 10.7. The van der Waals surface area contributed by atoms with E-state index in [-0.39, 0.29) is 4.90 Å². The summed E-state index contributed by atoms with van der Waals surface area (Å²) in [6, 6.07) is 7.94. The Hall–Kier alpha value is -2.58. The molecule has 28 heavy (non-hydrogen) atoms. The number of rotatable bonds is 6. The molecular weight excluding hydrogens is 380 g/mol. The molecule has 1 fully saturated rings. The highest BCUT2D eigenvalue weighted by Crippen LogP contribution is 2.30. The quantitative estimate of drug-likeness (QED) is 0.745. The molecule has 2 heterocycles. The average Bonchev–Trinajstić information content (AvgIpc) is 3.05. The minimum absolute atomic E-state index is 0.139. The average molecular weight is 404 g/mol. The summed E-state index contributed by atoms with van der Waals surface area (Å²) in [5, 5.41) is 2.68. The van der Waals surface area contributed by atoms with Crippen LogP contribution in [0.3, 0.4) is 0 Å². The molecule has 8 heteroatoms. The van der Waals surface area contributed by atoms with Crippen LogP contribution in [-0.4, -0.2) is 38.8 Å². The van der Waals surface area contributed by atoms with Crippen molar-refractivity contribution in [3.05, 3.63) is 48.4 Å². The minimum atomic E-state index is -3.62. The zero-order valence-electron chi connectivity index (χ0n) is 15.8. The first-order chi connectivity index (χ1) is 13.5. The normalized spacial score (nSPS) is 16.0. The number of anilines is 1. The molecule has 1 aromatic heterocycles. The van der Waals surface area contributed by atoms with E-state index in [0.717, 1.165) is 25.7 Å². The van der Waals surface area contributed by atoms with Gasteiger partial charge >= 0.3 is 0 Å². The summed E-state index contributed by atoms with van der Waals surface area (Å²) < 4.78 is 37.9. The fourth-order valence-electron chi connectivity index (χ4n) is 3.09. The molecule has 1 aliphatic heterocycles. The summed E-state index contributed by atoms with van der Waals surface area (Å²) in [7, 11) is -2.16. The van der Waals surface area contributed by atoms with Gasteiger partial charge in [-0.1, -0.05) is 12.8 Å². The lowest BCUT2D eigenvalue weighted by Crippen LogP contribution is -2.32. The fourth-order valence-corrected chi connectivity index (χ4v) is 4.64. The Balaban J connectivity index is 1.82. The summed E-state index contributed by atoms with van der Waals surface area (Å²) in [5.74, 6) is 0.508. The van der Waals surface area contributed by atoms with Crippen LogP contribution in [0.25, 0.3) is 6.08 Å². The van der Waals surface area contributed by atoms with Gasteiger partial charge in [0.2, 0.25) is 15.9 Å². The number of amides is 1. The van der Waals surface area contributed by atoms with Gasteiger partial charge in [0.05, 0.1) is 24.0 Å². The van der Waals surface area contributed by atoms with Crippen LogP contribution in [-0.2, 0) is 14.8 Å². The number of ether oxygens (including phenoxy) is 1. The van der Waals surface area contributed by atoms with Crippen molar-refractivity contribution < 1.29 is 22.4 Å². The van der Waals surface area contributed by atoms with E-state index in [1.54, 1.807) is 18.2 Å².